The van der Waals surface area contributed by atoms with Crippen molar-refractivity contribution in [1.82, 2.24) is 0 Å². The molecule has 1 aromatic carbocycles. The van der Waals surface area contributed by atoms with Gasteiger partial charge in [-0.25, -0.2) is 0 Å². The molecule has 0 aliphatic heterocycles. The average Bonchev–Trinajstić information content (AvgIpc) is 2.15. The molecule has 0 unspecified atom stereocenters. The fourth-order valence-electron chi connectivity index (χ4n) is 1.13. The van der Waals surface area contributed by atoms with Crippen molar-refractivity contribution in [2.24, 2.45) is 0 Å². The standard InChI is InChI=1S/C10H15BrN2O/c1-14-6-2-5-13-10-4-3-8(11)7-9(10)12/h3-4,7,13H,2,5-6,12H2,1H3. The quantitative estimate of drug-likeness (QED) is 0.630. The third-order valence-electron chi connectivity index (χ3n) is 1.85. The fraction of sp³-hybridized carbons (Fsp3) is 0.400. The van der Waals surface area contributed by atoms with Crippen LogP contribution in [0.4, 0.5) is 11.4 Å². The molecule has 14 heavy (non-hydrogen) atoms. The van der Waals surface area contributed by atoms with Crippen molar-refractivity contribution in [2.45, 2.75) is 6.42 Å². The van der Waals surface area contributed by atoms with Crippen molar-refractivity contribution in [2.75, 3.05) is 31.3 Å². The maximum atomic E-state index is 5.81. The zero-order valence-corrected chi connectivity index (χ0v) is 9.80. The number of halogens is 1. The SMILES string of the molecule is COCCCNc1ccc(Br)cc1N. The van der Waals surface area contributed by atoms with E-state index in [1.165, 1.54) is 0 Å². The summed E-state index contributed by atoms with van der Waals surface area (Å²) < 4.78 is 5.95. The zero-order chi connectivity index (χ0) is 10.4. The van der Waals surface area contributed by atoms with Crippen molar-refractivity contribution >= 4 is 27.3 Å². The Hall–Kier alpha value is -0.740. The molecule has 78 valence electrons. The third kappa shape index (κ3) is 3.55. The molecule has 0 spiro atoms. The first-order valence-corrected chi connectivity index (χ1v) is 5.31. The lowest BCUT2D eigenvalue weighted by Gasteiger charge is -2.08. The van der Waals surface area contributed by atoms with Gasteiger partial charge < -0.3 is 15.8 Å². The monoisotopic (exact) mass is 258 g/mol. The Morgan fingerprint density at radius 1 is 1.50 bits per heavy atom. The lowest BCUT2D eigenvalue weighted by molar-refractivity contribution is 0.198. The average molecular weight is 259 g/mol. The Kier molecular flexibility index (Phi) is 4.76. The van der Waals surface area contributed by atoms with Crippen LogP contribution < -0.4 is 11.1 Å². The first-order valence-electron chi connectivity index (χ1n) is 4.52. The van der Waals surface area contributed by atoms with Crippen LogP contribution in [0.1, 0.15) is 6.42 Å². The summed E-state index contributed by atoms with van der Waals surface area (Å²) in [4.78, 5) is 0. The number of ether oxygens (including phenoxy) is 1. The van der Waals surface area contributed by atoms with Crippen LogP contribution in [-0.4, -0.2) is 20.3 Å². The Balaban J connectivity index is 2.42. The van der Waals surface area contributed by atoms with Crippen LogP contribution in [-0.2, 0) is 4.74 Å². The highest BCUT2D eigenvalue weighted by Crippen LogP contribution is 2.22. The van der Waals surface area contributed by atoms with Gasteiger partial charge in [-0.15, -0.1) is 0 Å². The van der Waals surface area contributed by atoms with E-state index in [9.17, 15) is 0 Å². The molecule has 0 aliphatic carbocycles. The normalized spacial score (nSPS) is 10.1. The highest BCUT2D eigenvalue weighted by molar-refractivity contribution is 9.10. The van der Waals surface area contributed by atoms with Crippen LogP contribution in [0.5, 0.6) is 0 Å². The second kappa shape index (κ2) is 5.88. The predicted molar refractivity (Wildman–Crippen MR) is 63.5 cm³/mol. The number of hydrogen-bond acceptors (Lipinski definition) is 3. The number of methoxy groups -OCH3 is 1. The Bertz CT molecular complexity index is 291. The molecule has 3 N–H and O–H groups in total. The van der Waals surface area contributed by atoms with Crippen LogP contribution in [0.2, 0.25) is 0 Å². The third-order valence-corrected chi connectivity index (χ3v) is 2.35. The summed E-state index contributed by atoms with van der Waals surface area (Å²) in [5.74, 6) is 0. The Morgan fingerprint density at radius 2 is 2.29 bits per heavy atom. The van der Waals surface area contributed by atoms with Gasteiger partial charge in [-0.2, -0.15) is 0 Å². The number of rotatable bonds is 5. The van der Waals surface area contributed by atoms with Gasteiger partial charge in [0.25, 0.3) is 0 Å². The molecule has 0 aromatic heterocycles. The zero-order valence-electron chi connectivity index (χ0n) is 8.22. The molecule has 4 heteroatoms. The second-order valence-corrected chi connectivity index (χ2v) is 3.92. The van der Waals surface area contributed by atoms with Gasteiger partial charge in [0.1, 0.15) is 0 Å². The van der Waals surface area contributed by atoms with E-state index in [1.54, 1.807) is 7.11 Å². The molecule has 0 atom stereocenters. The maximum Gasteiger partial charge on any atom is 0.0574 e. The van der Waals surface area contributed by atoms with E-state index >= 15 is 0 Å². The summed E-state index contributed by atoms with van der Waals surface area (Å²) in [6.45, 7) is 1.64. The molecule has 1 rings (SSSR count). The van der Waals surface area contributed by atoms with E-state index in [0.717, 1.165) is 35.4 Å². The molecule has 0 amide bonds. The van der Waals surface area contributed by atoms with E-state index in [2.05, 4.69) is 21.2 Å². The molecule has 0 fully saturated rings. The second-order valence-electron chi connectivity index (χ2n) is 3.00. The lowest BCUT2D eigenvalue weighted by Crippen LogP contribution is -2.06. The van der Waals surface area contributed by atoms with Crippen molar-refractivity contribution < 1.29 is 4.74 Å². The predicted octanol–water partition coefficient (Wildman–Crippen LogP) is 2.48. The van der Waals surface area contributed by atoms with Crippen LogP contribution in [0, 0.1) is 0 Å². The topological polar surface area (TPSA) is 47.3 Å². The van der Waals surface area contributed by atoms with Gasteiger partial charge in [-0.3, -0.25) is 0 Å². The summed E-state index contributed by atoms with van der Waals surface area (Å²) in [5.41, 5.74) is 7.55. The molecular weight excluding hydrogens is 244 g/mol. The molecule has 0 heterocycles. The van der Waals surface area contributed by atoms with Gasteiger partial charge in [0, 0.05) is 24.7 Å². The van der Waals surface area contributed by atoms with Crippen molar-refractivity contribution in [1.29, 1.82) is 0 Å². The minimum atomic E-state index is 0.761. The van der Waals surface area contributed by atoms with Gasteiger partial charge >= 0.3 is 0 Å². The largest absolute Gasteiger partial charge is 0.397 e. The van der Waals surface area contributed by atoms with Gasteiger partial charge in [0.05, 0.1) is 11.4 Å². The van der Waals surface area contributed by atoms with Crippen molar-refractivity contribution in [3.63, 3.8) is 0 Å². The van der Waals surface area contributed by atoms with Gasteiger partial charge in [-0.05, 0) is 24.6 Å². The number of anilines is 2. The van der Waals surface area contributed by atoms with Crippen molar-refractivity contribution in [3.8, 4) is 0 Å². The minimum Gasteiger partial charge on any atom is -0.397 e. The number of benzene rings is 1. The molecule has 0 saturated heterocycles. The molecule has 0 bridgehead atoms. The number of hydrogen-bond donors (Lipinski definition) is 2. The van der Waals surface area contributed by atoms with Crippen LogP contribution in [0.3, 0.4) is 0 Å². The first-order chi connectivity index (χ1) is 6.74. The summed E-state index contributed by atoms with van der Waals surface area (Å²) >= 11 is 3.36. The lowest BCUT2D eigenvalue weighted by atomic mass is 10.2. The molecule has 3 nitrogen and oxygen atoms in total. The van der Waals surface area contributed by atoms with Gasteiger partial charge in [-0.1, -0.05) is 15.9 Å². The Labute approximate surface area is 92.8 Å². The Morgan fingerprint density at radius 3 is 2.93 bits per heavy atom. The van der Waals surface area contributed by atoms with Crippen molar-refractivity contribution in [3.05, 3.63) is 22.7 Å². The first kappa shape index (κ1) is 11.3. The highest BCUT2D eigenvalue weighted by atomic mass is 79.9. The van der Waals surface area contributed by atoms with E-state index in [4.69, 9.17) is 10.5 Å². The summed E-state index contributed by atoms with van der Waals surface area (Å²) in [6.07, 6.45) is 0.978. The maximum absolute atomic E-state index is 5.81. The number of nitrogens with two attached hydrogens (primary N) is 1. The fourth-order valence-corrected chi connectivity index (χ4v) is 1.51. The smallest absolute Gasteiger partial charge is 0.0574 e. The van der Waals surface area contributed by atoms with Gasteiger partial charge in [0.2, 0.25) is 0 Å². The number of nitrogens with one attached hydrogen (secondary N) is 1. The summed E-state index contributed by atoms with van der Waals surface area (Å²) in [5, 5.41) is 3.25. The molecule has 0 aliphatic rings. The molecular formula is C10H15BrN2O. The summed E-state index contributed by atoms with van der Waals surface area (Å²) in [7, 11) is 1.70. The minimum absolute atomic E-state index is 0.761. The van der Waals surface area contributed by atoms with Crippen LogP contribution >= 0.6 is 15.9 Å². The summed E-state index contributed by atoms with van der Waals surface area (Å²) in [6, 6.07) is 5.82. The molecule has 1 aromatic rings. The van der Waals surface area contributed by atoms with Crippen LogP contribution in [0.15, 0.2) is 22.7 Å². The van der Waals surface area contributed by atoms with Crippen LogP contribution in [0.25, 0.3) is 0 Å². The highest BCUT2D eigenvalue weighted by Gasteiger charge is 1.98. The van der Waals surface area contributed by atoms with E-state index in [-0.39, 0.29) is 0 Å². The number of nitrogen functional groups attached to an aromatic ring is 1. The van der Waals surface area contributed by atoms with E-state index < -0.39 is 0 Å². The molecule has 0 radical (unpaired) electrons. The van der Waals surface area contributed by atoms with E-state index in [0.29, 0.717) is 0 Å². The molecule has 0 saturated carbocycles. The van der Waals surface area contributed by atoms with Gasteiger partial charge in [0.15, 0.2) is 0 Å². The van der Waals surface area contributed by atoms with E-state index in [1.807, 2.05) is 18.2 Å².